The molecule has 0 radical (unpaired) electrons. The predicted molar refractivity (Wildman–Crippen MR) is 60.2 cm³/mol. The van der Waals surface area contributed by atoms with Crippen molar-refractivity contribution < 1.29 is 24.0 Å². The van der Waals surface area contributed by atoms with Crippen molar-refractivity contribution in [2.45, 2.75) is 25.4 Å². The van der Waals surface area contributed by atoms with Crippen molar-refractivity contribution in [2.24, 2.45) is 0 Å². The number of carbonyl (C=O) groups excluding carboxylic acids is 1. The number of aliphatic carboxylic acids is 1. The van der Waals surface area contributed by atoms with E-state index in [4.69, 9.17) is 14.4 Å². The number of aryl methyl sites for hydroxylation is 1. The number of urea groups is 1. The first-order chi connectivity index (χ1) is 9.02. The van der Waals surface area contributed by atoms with Crippen LogP contribution in [-0.2, 0) is 16.1 Å². The number of carboxylic acids is 1. The molecule has 0 bridgehead atoms. The van der Waals surface area contributed by atoms with Crippen LogP contribution in [0.5, 0.6) is 0 Å². The highest BCUT2D eigenvalue weighted by Crippen LogP contribution is 2.18. The molecular formula is C10H14N4O5. The predicted octanol–water partition coefficient (Wildman–Crippen LogP) is -0.579. The summed E-state index contributed by atoms with van der Waals surface area (Å²) in [7, 11) is 0. The van der Waals surface area contributed by atoms with E-state index in [2.05, 4.69) is 20.8 Å². The summed E-state index contributed by atoms with van der Waals surface area (Å²) in [6.07, 6.45) is 0.232. The first-order valence-corrected chi connectivity index (χ1v) is 5.68. The van der Waals surface area contributed by atoms with Crippen LogP contribution in [0, 0.1) is 6.92 Å². The molecule has 1 aliphatic rings. The highest BCUT2D eigenvalue weighted by Gasteiger charge is 2.43. The van der Waals surface area contributed by atoms with Gasteiger partial charge in [-0.15, -0.1) is 0 Å². The normalized spacial score (nSPS) is 22.2. The molecule has 1 unspecified atom stereocenters. The van der Waals surface area contributed by atoms with Crippen molar-refractivity contribution in [3.8, 4) is 0 Å². The average Bonchev–Trinajstić information content (AvgIpc) is 2.97. The van der Waals surface area contributed by atoms with Crippen LogP contribution >= 0.6 is 0 Å². The van der Waals surface area contributed by atoms with E-state index < -0.39 is 17.5 Å². The van der Waals surface area contributed by atoms with Crippen molar-refractivity contribution in [3.05, 3.63) is 11.7 Å². The molecule has 2 rings (SSSR count). The minimum Gasteiger partial charge on any atom is -0.479 e. The summed E-state index contributed by atoms with van der Waals surface area (Å²) in [5.41, 5.74) is -1.37. The van der Waals surface area contributed by atoms with Gasteiger partial charge in [0, 0.05) is 13.0 Å². The molecule has 1 aliphatic heterocycles. The summed E-state index contributed by atoms with van der Waals surface area (Å²) in [5, 5.41) is 17.6. The smallest absolute Gasteiger partial charge is 0.332 e. The quantitative estimate of drug-likeness (QED) is 0.668. The zero-order chi connectivity index (χ0) is 13.9. The zero-order valence-corrected chi connectivity index (χ0v) is 10.3. The monoisotopic (exact) mass is 270 g/mol. The number of carbonyl (C=O) groups is 2. The van der Waals surface area contributed by atoms with E-state index in [0.29, 0.717) is 12.4 Å². The third-order valence-electron chi connectivity index (χ3n) is 2.75. The Labute approximate surface area is 108 Å². The second-order valence-electron chi connectivity index (χ2n) is 4.23. The standard InChI is InChI=1S/C10H14N4O5/c1-6-12-7(19-14-6)4-11-9(17)13-10(8(15)16)2-3-18-5-10/h2-5H2,1H3,(H,15,16)(H2,11,13,17). The van der Waals surface area contributed by atoms with E-state index in [0.717, 1.165) is 0 Å². The van der Waals surface area contributed by atoms with Crippen LogP contribution < -0.4 is 10.6 Å². The molecule has 0 aliphatic carbocycles. The largest absolute Gasteiger partial charge is 0.479 e. The van der Waals surface area contributed by atoms with Gasteiger partial charge in [-0.2, -0.15) is 4.98 Å². The minimum absolute atomic E-state index is 0.0310. The maximum absolute atomic E-state index is 11.7. The van der Waals surface area contributed by atoms with E-state index >= 15 is 0 Å². The number of aromatic nitrogens is 2. The van der Waals surface area contributed by atoms with Gasteiger partial charge in [-0.25, -0.2) is 9.59 Å². The Hall–Kier alpha value is -2.16. The number of hydrogen-bond donors (Lipinski definition) is 3. The van der Waals surface area contributed by atoms with Crippen molar-refractivity contribution in [1.82, 2.24) is 20.8 Å². The first kappa shape index (κ1) is 13.3. The lowest BCUT2D eigenvalue weighted by Crippen LogP contribution is -2.57. The molecule has 19 heavy (non-hydrogen) atoms. The lowest BCUT2D eigenvalue weighted by molar-refractivity contribution is -0.144. The third kappa shape index (κ3) is 2.99. The number of carboxylic acid groups (broad SMARTS) is 1. The van der Waals surface area contributed by atoms with Gasteiger partial charge in [0.2, 0.25) is 5.89 Å². The summed E-state index contributed by atoms with van der Waals surface area (Å²) in [4.78, 5) is 26.7. The Kier molecular flexibility index (Phi) is 3.65. The lowest BCUT2D eigenvalue weighted by Gasteiger charge is -2.23. The molecular weight excluding hydrogens is 256 g/mol. The Morgan fingerprint density at radius 3 is 2.84 bits per heavy atom. The molecule has 0 aromatic carbocycles. The molecule has 1 atom stereocenters. The van der Waals surface area contributed by atoms with Crippen LogP contribution in [0.3, 0.4) is 0 Å². The van der Waals surface area contributed by atoms with Crippen molar-refractivity contribution in [3.63, 3.8) is 0 Å². The van der Waals surface area contributed by atoms with Gasteiger partial charge >= 0.3 is 12.0 Å². The number of nitrogens with one attached hydrogen (secondary N) is 2. The molecule has 2 amide bonds. The van der Waals surface area contributed by atoms with E-state index in [1.807, 2.05) is 0 Å². The number of rotatable bonds is 4. The molecule has 0 saturated carbocycles. The maximum atomic E-state index is 11.7. The number of hydrogen-bond acceptors (Lipinski definition) is 6. The molecule has 3 N–H and O–H groups in total. The third-order valence-corrected chi connectivity index (χ3v) is 2.75. The van der Waals surface area contributed by atoms with Gasteiger partial charge in [-0.05, 0) is 6.92 Å². The fourth-order valence-electron chi connectivity index (χ4n) is 1.71. The SMILES string of the molecule is Cc1noc(CNC(=O)NC2(C(=O)O)CCOC2)n1. The molecule has 0 spiro atoms. The lowest BCUT2D eigenvalue weighted by atomic mass is 9.99. The second-order valence-corrected chi connectivity index (χ2v) is 4.23. The molecule has 2 heterocycles. The topological polar surface area (TPSA) is 127 Å². The van der Waals surface area contributed by atoms with Crippen molar-refractivity contribution in [2.75, 3.05) is 13.2 Å². The van der Waals surface area contributed by atoms with E-state index in [9.17, 15) is 9.59 Å². The fraction of sp³-hybridized carbons (Fsp3) is 0.600. The Morgan fingerprint density at radius 2 is 2.32 bits per heavy atom. The van der Waals surface area contributed by atoms with Gasteiger partial charge < -0.3 is 25.0 Å². The van der Waals surface area contributed by atoms with Crippen LogP contribution in [-0.4, -0.2) is 46.0 Å². The van der Waals surface area contributed by atoms with Gasteiger partial charge in [-0.3, -0.25) is 0 Å². The first-order valence-electron chi connectivity index (χ1n) is 5.68. The maximum Gasteiger partial charge on any atom is 0.332 e. The number of ether oxygens (including phenoxy) is 1. The van der Waals surface area contributed by atoms with E-state index in [1.54, 1.807) is 6.92 Å². The van der Waals surface area contributed by atoms with Crippen LogP contribution in [0.15, 0.2) is 4.52 Å². The van der Waals surface area contributed by atoms with Gasteiger partial charge in [0.25, 0.3) is 0 Å². The zero-order valence-electron chi connectivity index (χ0n) is 10.3. The number of nitrogens with zero attached hydrogens (tertiary/aromatic N) is 2. The highest BCUT2D eigenvalue weighted by atomic mass is 16.5. The van der Waals surface area contributed by atoms with E-state index in [-0.39, 0.29) is 25.5 Å². The number of amides is 2. The van der Waals surface area contributed by atoms with Crippen LogP contribution in [0.2, 0.25) is 0 Å². The molecule has 104 valence electrons. The van der Waals surface area contributed by atoms with E-state index in [1.165, 1.54) is 0 Å². The second kappa shape index (κ2) is 5.22. The van der Waals surface area contributed by atoms with Gasteiger partial charge in [0.1, 0.15) is 0 Å². The van der Waals surface area contributed by atoms with Gasteiger partial charge in [-0.1, -0.05) is 5.16 Å². The van der Waals surface area contributed by atoms with Gasteiger partial charge in [0.05, 0.1) is 13.2 Å². The summed E-state index contributed by atoms with van der Waals surface area (Å²) in [5.74, 6) is -0.406. The highest BCUT2D eigenvalue weighted by molar-refractivity contribution is 5.86. The van der Waals surface area contributed by atoms with Crippen molar-refractivity contribution >= 4 is 12.0 Å². The Balaban J connectivity index is 1.88. The summed E-state index contributed by atoms with van der Waals surface area (Å²) in [6.45, 7) is 1.94. The van der Waals surface area contributed by atoms with Gasteiger partial charge in [0.15, 0.2) is 11.4 Å². The van der Waals surface area contributed by atoms with Crippen LogP contribution in [0.25, 0.3) is 0 Å². The molecule has 1 aromatic rings. The molecule has 9 heteroatoms. The summed E-state index contributed by atoms with van der Waals surface area (Å²) < 4.78 is 9.84. The fourth-order valence-corrected chi connectivity index (χ4v) is 1.71. The summed E-state index contributed by atoms with van der Waals surface area (Å²) >= 11 is 0. The Bertz CT molecular complexity index is 480. The van der Waals surface area contributed by atoms with Crippen LogP contribution in [0.4, 0.5) is 4.79 Å². The Morgan fingerprint density at radius 1 is 1.53 bits per heavy atom. The molecule has 9 nitrogen and oxygen atoms in total. The summed E-state index contributed by atoms with van der Waals surface area (Å²) in [6, 6.07) is -0.622. The van der Waals surface area contributed by atoms with Crippen LogP contribution in [0.1, 0.15) is 18.1 Å². The molecule has 1 saturated heterocycles. The van der Waals surface area contributed by atoms with Crippen molar-refractivity contribution in [1.29, 1.82) is 0 Å². The molecule has 1 aromatic heterocycles. The molecule has 1 fully saturated rings. The minimum atomic E-state index is -1.37. The average molecular weight is 270 g/mol.